The van der Waals surface area contributed by atoms with Crippen LogP contribution in [0.25, 0.3) is 0 Å². The van der Waals surface area contributed by atoms with Gasteiger partial charge in [-0.25, -0.2) is 0 Å². The topological polar surface area (TPSA) is 47.3 Å². The summed E-state index contributed by atoms with van der Waals surface area (Å²) in [6, 6.07) is 5.82. The molecule has 84 valence electrons. The molecule has 0 aromatic heterocycles. The minimum absolute atomic E-state index is 0.155. The third-order valence-electron chi connectivity index (χ3n) is 2.04. The number of nitrogens with one attached hydrogen (secondary N) is 1. The largest absolute Gasteiger partial charge is 0.497 e. The van der Waals surface area contributed by atoms with Gasteiger partial charge in [0, 0.05) is 24.2 Å². The van der Waals surface area contributed by atoms with Gasteiger partial charge in [0.25, 0.3) is 0 Å². The van der Waals surface area contributed by atoms with Crippen LogP contribution in [-0.2, 0) is 6.54 Å². The molecular weight excluding hydrogens is 212 g/mol. The second kappa shape index (κ2) is 5.95. The Balaban J connectivity index is 2.54. The molecule has 1 aromatic rings. The molecule has 0 heterocycles. The van der Waals surface area contributed by atoms with Crippen molar-refractivity contribution in [1.29, 1.82) is 0 Å². The van der Waals surface area contributed by atoms with Crippen molar-refractivity contribution in [3.63, 3.8) is 0 Å². The number of methoxy groups -OCH3 is 1. The van der Waals surface area contributed by atoms with E-state index in [9.17, 15) is 0 Å². The first kappa shape index (κ1) is 12.3. The van der Waals surface area contributed by atoms with Crippen molar-refractivity contribution in [1.82, 2.24) is 5.32 Å². The summed E-state index contributed by atoms with van der Waals surface area (Å²) in [5.41, 5.74) is 6.68. The van der Waals surface area contributed by atoms with E-state index in [1.807, 2.05) is 25.1 Å². The maximum atomic E-state index is 6.07. The average Bonchev–Trinajstić information content (AvgIpc) is 2.20. The second-order valence-corrected chi connectivity index (χ2v) is 3.97. The molecule has 0 amide bonds. The summed E-state index contributed by atoms with van der Waals surface area (Å²) in [5, 5.41) is 3.94. The van der Waals surface area contributed by atoms with Crippen molar-refractivity contribution in [3.8, 4) is 5.75 Å². The fourth-order valence-corrected chi connectivity index (χ4v) is 1.47. The van der Waals surface area contributed by atoms with Crippen molar-refractivity contribution in [2.45, 2.75) is 19.5 Å². The molecule has 0 aliphatic carbocycles. The lowest BCUT2D eigenvalue weighted by Gasteiger charge is -2.09. The molecule has 1 aromatic carbocycles. The van der Waals surface area contributed by atoms with Crippen LogP contribution in [0.3, 0.4) is 0 Å². The summed E-state index contributed by atoms with van der Waals surface area (Å²) >= 11 is 6.07. The van der Waals surface area contributed by atoms with Crippen molar-refractivity contribution < 1.29 is 4.74 Å². The van der Waals surface area contributed by atoms with Crippen molar-refractivity contribution in [3.05, 3.63) is 28.8 Å². The molecule has 0 saturated carbocycles. The minimum Gasteiger partial charge on any atom is -0.497 e. The van der Waals surface area contributed by atoms with E-state index in [4.69, 9.17) is 22.1 Å². The predicted octanol–water partition coefficient (Wildman–Crippen LogP) is 1.79. The smallest absolute Gasteiger partial charge is 0.120 e. The molecule has 0 aliphatic rings. The van der Waals surface area contributed by atoms with Gasteiger partial charge in [0.15, 0.2) is 0 Å². The van der Waals surface area contributed by atoms with Gasteiger partial charge in [0.2, 0.25) is 0 Å². The molecule has 4 heteroatoms. The zero-order valence-electron chi connectivity index (χ0n) is 9.09. The van der Waals surface area contributed by atoms with Gasteiger partial charge >= 0.3 is 0 Å². The number of nitrogens with two attached hydrogens (primary N) is 1. The first-order chi connectivity index (χ1) is 7.13. The predicted molar refractivity (Wildman–Crippen MR) is 63.4 cm³/mol. The van der Waals surface area contributed by atoms with Crippen LogP contribution in [0, 0.1) is 0 Å². The number of ether oxygens (including phenoxy) is 1. The van der Waals surface area contributed by atoms with E-state index in [0.29, 0.717) is 5.02 Å². The van der Waals surface area contributed by atoms with E-state index in [2.05, 4.69) is 5.32 Å². The lowest BCUT2D eigenvalue weighted by atomic mass is 10.2. The summed E-state index contributed by atoms with van der Waals surface area (Å²) in [5.74, 6) is 0.774. The van der Waals surface area contributed by atoms with Crippen LogP contribution in [0.2, 0.25) is 5.02 Å². The van der Waals surface area contributed by atoms with Gasteiger partial charge in [-0.15, -0.1) is 0 Å². The highest BCUT2D eigenvalue weighted by Crippen LogP contribution is 2.21. The average molecular weight is 229 g/mol. The summed E-state index contributed by atoms with van der Waals surface area (Å²) in [7, 11) is 1.62. The fraction of sp³-hybridized carbons (Fsp3) is 0.455. The maximum absolute atomic E-state index is 6.07. The highest BCUT2D eigenvalue weighted by Gasteiger charge is 2.02. The monoisotopic (exact) mass is 228 g/mol. The van der Waals surface area contributed by atoms with Gasteiger partial charge in [-0.05, 0) is 24.6 Å². The normalized spacial score (nSPS) is 12.5. The third kappa shape index (κ3) is 4.08. The van der Waals surface area contributed by atoms with E-state index < -0.39 is 0 Å². The number of rotatable bonds is 5. The van der Waals surface area contributed by atoms with Crippen LogP contribution in [0.5, 0.6) is 5.75 Å². The zero-order chi connectivity index (χ0) is 11.3. The number of hydrogen-bond donors (Lipinski definition) is 2. The first-order valence-corrected chi connectivity index (χ1v) is 5.30. The Labute approximate surface area is 95.6 Å². The quantitative estimate of drug-likeness (QED) is 0.808. The number of hydrogen-bond acceptors (Lipinski definition) is 3. The van der Waals surface area contributed by atoms with Crippen molar-refractivity contribution in [2.75, 3.05) is 13.7 Å². The molecule has 0 saturated heterocycles. The summed E-state index contributed by atoms with van der Waals surface area (Å²) in [4.78, 5) is 0. The molecular formula is C11H17ClN2O. The van der Waals surface area contributed by atoms with Crippen LogP contribution in [0.15, 0.2) is 18.2 Å². The van der Waals surface area contributed by atoms with Crippen LogP contribution >= 0.6 is 11.6 Å². The molecule has 1 atom stereocenters. The SMILES string of the molecule is COc1ccc(CNCC(C)N)c(Cl)c1. The Morgan fingerprint density at radius 1 is 1.53 bits per heavy atom. The van der Waals surface area contributed by atoms with Crippen LogP contribution in [-0.4, -0.2) is 19.7 Å². The molecule has 0 aliphatic heterocycles. The Kier molecular flexibility index (Phi) is 4.88. The first-order valence-electron chi connectivity index (χ1n) is 4.92. The molecule has 3 nitrogen and oxygen atoms in total. The van der Waals surface area contributed by atoms with Gasteiger partial charge in [-0.3, -0.25) is 0 Å². The highest BCUT2D eigenvalue weighted by molar-refractivity contribution is 6.31. The Morgan fingerprint density at radius 3 is 2.80 bits per heavy atom. The van der Waals surface area contributed by atoms with Gasteiger partial charge in [-0.1, -0.05) is 17.7 Å². The molecule has 0 radical (unpaired) electrons. The number of benzene rings is 1. The third-order valence-corrected chi connectivity index (χ3v) is 2.39. The van der Waals surface area contributed by atoms with Crippen molar-refractivity contribution in [2.24, 2.45) is 5.73 Å². The number of halogens is 1. The zero-order valence-corrected chi connectivity index (χ0v) is 9.84. The Morgan fingerprint density at radius 2 is 2.27 bits per heavy atom. The van der Waals surface area contributed by atoms with Crippen LogP contribution in [0.4, 0.5) is 0 Å². The van der Waals surface area contributed by atoms with Crippen molar-refractivity contribution >= 4 is 11.6 Å². The minimum atomic E-state index is 0.155. The van der Waals surface area contributed by atoms with Crippen LogP contribution in [0.1, 0.15) is 12.5 Å². The van der Waals surface area contributed by atoms with Gasteiger partial charge in [0.05, 0.1) is 7.11 Å². The Hall–Kier alpha value is -0.770. The molecule has 15 heavy (non-hydrogen) atoms. The molecule has 0 bridgehead atoms. The molecule has 0 spiro atoms. The fourth-order valence-electron chi connectivity index (χ4n) is 1.23. The standard InChI is InChI=1S/C11H17ClN2O/c1-8(13)6-14-7-9-3-4-10(15-2)5-11(9)12/h3-5,8,14H,6-7,13H2,1-2H3. The lowest BCUT2D eigenvalue weighted by Crippen LogP contribution is -2.30. The molecule has 0 fully saturated rings. The molecule has 1 rings (SSSR count). The van der Waals surface area contributed by atoms with E-state index in [1.165, 1.54) is 0 Å². The summed E-state index contributed by atoms with van der Waals surface area (Å²) in [6.45, 7) is 3.47. The van der Waals surface area contributed by atoms with E-state index >= 15 is 0 Å². The summed E-state index contributed by atoms with van der Waals surface area (Å²) < 4.78 is 5.07. The van der Waals surface area contributed by atoms with E-state index in [-0.39, 0.29) is 6.04 Å². The maximum Gasteiger partial charge on any atom is 0.120 e. The summed E-state index contributed by atoms with van der Waals surface area (Å²) in [6.07, 6.45) is 0. The van der Waals surface area contributed by atoms with E-state index in [0.717, 1.165) is 24.4 Å². The molecule has 1 unspecified atom stereocenters. The highest BCUT2D eigenvalue weighted by atomic mass is 35.5. The molecule has 3 N–H and O–H groups in total. The van der Waals surface area contributed by atoms with Crippen LogP contribution < -0.4 is 15.8 Å². The second-order valence-electron chi connectivity index (χ2n) is 3.57. The van der Waals surface area contributed by atoms with Gasteiger partial charge in [0.1, 0.15) is 5.75 Å². The van der Waals surface area contributed by atoms with Gasteiger partial charge in [-0.2, -0.15) is 0 Å². The van der Waals surface area contributed by atoms with E-state index in [1.54, 1.807) is 7.11 Å². The lowest BCUT2D eigenvalue weighted by molar-refractivity contribution is 0.414. The van der Waals surface area contributed by atoms with Gasteiger partial charge < -0.3 is 15.8 Å². The Bertz CT molecular complexity index is 315.